The van der Waals surface area contributed by atoms with E-state index in [2.05, 4.69) is 20.4 Å². The van der Waals surface area contributed by atoms with Crippen LogP contribution in [0, 0.1) is 11.7 Å². The van der Waals surface area contributed by atoms with Crippen molar-refractivity contribution >= 4 is 23.4 Å². The number of piperidine rings is 1. The molecule has 6 nitrogen and oxygen atoms in total. The summed E-state index contributed by atoms with van der Waals surface area (Å²) in [5.74, 6) is 0.741. The van der Waals surface area contributed by atoms with Crippen LogP contribution in [0.4, 0.5) is 10.1 Å². The fourth-order valence-electron chi connectivity index (χ4n) is 3.56. The van der Waals surface area contributed by atoms with Crippen molar-refractivity contribution in [1.82, 2.24) is 15.0 Å². The second-order valence-corrected chi connectivity index (χ2v) is 8.11. The van der Waals surface area contributed by atoms with Gasteiger partial charge >= 0.3 is 0 Å². The summed E-state index contributed by atoms with van der Waals surface area (Å²) in [5.41, 5.74) is 1.59. The Balaban J connectivity index is 1.29. The average Bonchev–Trinajstić information content (AvgIpc) is 3.23. The first-order valence-electron chi connectivity index (χ1n) is 9.87. The van der Waals surface area contributed by atoms with Gasteiger partial charge in [-0.05, 0) is 68.6 Å². The maximum absolute atomic E-state index is 13.1. The highest BCUT2D eigenvalue weighted by Crippen LogP contribution is 2.27. The Labute approximate surface area is 178 Å². The van der Waals surface area contributed by atoms with E-state index in [4.69, 9.17) is 4.52 Å². The van der Waals surface area contributed by atoms with Crippen LogP contribution in [0.1, 0.15) is 18.7 Å². The lowest BCUT2D eigenvalue weighted by Crippen LogP contribution is -2.37. The van der Waals surface area contributed by atoms with Gasteiger partial charge < -0.3 is 9.84 Å². The molecule has 156 valence electrons. The summed E-state index contributed by atoms with van der Waals surface area (Å²) in [6.45, 7) is 2.12. The molecule has 1 fully saturated rings. The van der Waals surface area contributed by atoms with E-state index in [1.54, 1.807) is 23.9 Å². The number of anilines is 1. The first-order valence-corrected chi connectivity index (χ1v) is 11.1. The Hall–Kier alpha value is -2.71. The van der Waals surface area contributed by atoms with Crippen LogP contribution in [0.2, 0.25) is 0 Å². The smallest absolute Gasteiger partial charge is 0.241 e. The molecule has 0 spiro atoms. The van der Waals surface area contributed by atoms with Crippen molar-refractivity contribution in [1.29, 1.82) is 0 Å². The second-order valence-electron chi connectivity index (χ2n) is 7.26. The van der Waals surface area contributed by atoms with Gasteiger partial charge in [-0.2, -0.15) is 4.98 Å². The van der Waals surface area contributed by atoms with E-state index in [0.717, 1.165) is 36.5 Å². The highest BCUT2D eigenvalue weighted by molar-refractivity contribution is 7.98. The number of rotatable bonds is 6. The molecule has 1 N–H and O–H groups in total. The standard InChI is InChI=1S/C22H23FN4O2S/c1-30-19-5-3-2-4-18(19)24-22(28)16-10-12-27(13-11-16)14-20-25-21(26-29-20)15-6-8-17(23)9-7-15/h2-9,16H,10-14H2,1H3,(H,24,28). The van der Waals surface area contributed by atoms with Crippen LogP contribution in [0.5, 0.6) is 0 Å². The number of aromatic nitrogens is 2. The number of carbonyl (C=O) groups is 1. The summed E-state index contributed by atoms with van der Waals surface area (Å²) >= 11 is 1.62. The number of nitrogens with one attached hydrogen (secondary N) is 1. The molecule has 0 radical (unpaired) electrons. The molecule has 4 rings (SSSR count). The summed E-state index contributed by atoms with van der Waals surface area (Å²) in [6, 6.07) is 13.9. The molecule has 0 aliphatic carbocycles. The molecule has 30 heavy (non-hydrogen) atoms. The summed E-state index contributed by atoms with van der Waals surface area (Å²) < 4.78 is 18.4. The zero-order valence-corrected chi connectivity index (χ0v) is 17.5. The van der Waals surface area contributed by atoms with Crippen molar-refractivity contribution in [2.45, 2.75) is 24.3 Å². The predicted octanol–water partition coefficient (Wildman–Crippen LogP) is 4.45. The monoisotopic (exact) mass is 426 g/mol. The molecular formula is C22H23FN4O2S. The summed E-state index contributed by atoms with van der Waals surface area (Å²) in [5, 5.41) is 7.06. The highest BCUT2D eigenvalue weighted by Gasteiger charge is 2.26. The molecular weight excluding hydrogens is 403 g/mol. The SMILES string of the molecule is CSc1ccccc1NC(=O)C1CCN(Cc2nc(-c3ccc(F)cc3)no2)CC1. The minimum atomic E-state index is -0.300. The quantitative estimate of drug-likeness (QED) is 0.587. The number of halogens is 1. The number of amides is 1. The fraction of sp³-hybridized carbons (Fsp3) is 0.318. The maximum atomic E-state index is 13.1. The molecule has 1 amide bonds. The number of nitrogens with zero attached hydrogens (tertiary/aromatic N) is 3. The fourth-order valence-corrected chi connectivity index (χ4v) is 4.12. The minimum Gasteiger partial charge on any atom is -0.338 e. The van der Waals surface area contributed by atoms with E-state index in [-0.39, 0.29) is 17.6 Å². The Morgan fingerprint density at radius 1 is 1.20 bits per heavy atom. The zero-order chi connectivity index (χ0) is 20.9. The molecule has 0 saturated carbocycles. The van der Waals surface area contributed by atoms with Gasteiger partial charge in [-0.3, -0.25) is 9.69 Å². The molecule has 1 aromatic heterocycles. The van der Waals surface area contributed by atoms with Crippen molar-refractivity contribution in [3.05, 3.63) is 60.2 Å². The van der Waals surface area contributed by atoms with Crippen LogP contribution >= 0.6 is 11.8 Å². The molecule has 2 aromatic carbocycles. The van der Waals surface area contributed by atoms with Gasteiger partial charge in [-0.1, -0.05) is 17.3 Å². The topological polar surface area (TPSA) is 71.3 Å². The Morgan fingerprint density at radius 2 is 1.93 bits per heavy atom. The van der Waals surface area contributed by atoms with Crippen molar-refractivity contribution in [2.75, 3.05) is 24.7 Å². The summed E-state index contributed by atoms with van der Waals surface area (Å²) in [7, 11) is 0. The normalized spacial score (nSPS) is 15.3. The number of benzene rings is 2. The van der Waals surface area contributed by atoms with Crippen molar-refractivity contribution in [3.8, 4) is 11.4 Å². The number of likely N-dealkylation sites (tertiary alicyclic amines) is 1. The molecule has 1 saturated heterocycles. The predicted molar refractivity (Wildman–Crippen MR) is 115 cm³/mol. The third kappa shape index (κ3) is 4.88. The lowest BCUT2D eigenvalue weighted by Gasteiger charge is -2.30. The molecule has 3 aromatic rings. The molecule has 8 heteroatoms. The zero-order valence-electron chi connectivity index (χ0n) is 16.7. The van der Waals surface area contributed by atoms with Crippen molar-refractivity contribution in [3.63, 3.8) is 0 Å². The van der Waals surface area contributed by atoms with Gasteiger partial charge in [0, 0.05) is 16.4 Å². The first-order chi connectivity index (χ1) is 14.6. The Morgan fingerprint density at radius 3 is 2.67 bits per heavy atom. The second kappa shape index (κ2) is 9.40. The number of carbonyl (C=O) groups excluding carboxylic acids is 1. The molecule has 1 aliphatic heterocycles. The van der Waals surface area contributed by atoms with E-state index in [1.165, 1.54) is 12.1 Å². The molecule has 2 heterocycles. The Kier molecular flexibility index (Phi) is 6.44. The third-order valence-corrected chi connectivity index (χ3v) is 6.05. The Bertz CT molecular complexity index is 1000. The molecule has 0 bridgehead atoms. The van der Waals surface area contributed by atoms with Gasteiger partial charge in [0.25, 0.3) is 0 Å². The van der Waals surface area contributed by atoms with Gasteiger partial charge in [0.05, 0.1) is 12.2 Å². The largest absolute Gasteiger partial charge is 0.338 e. The van der Waals surface area contributed by atoms with Gasteiger partial charge in [0.1, 0.15) is 5.82 Å². The van der Waals surface area contributed by atoms with Crippen molar-refractivity contribution < 1.29 is 13.7 Å². The van der Waals surface area contributed by atoms with Crippen LogP contribution in [-0.2, 0) is 11.3 Å². The number of thioether (sulfide) groups is 1. The lowest BCUT2D eigenvalue weighted by molar-refractivity contribution is -0.121. The lowest BCUT2D eigenvalue weighted by atomic mass is 9.96. The first kappa shape index (κ1) is 20.6. The van der Waals surface area contributed by atoms with E-state index in [9.17, 15) is 9.18 Å². The van der Waals surface area contributed by atoms with Crippen LogP contribution in [0.3, 0.4) is 0 Å². The van der Waals surface area contributed by atoms with E-state index >= 15 is 0 Å². The van der Waals surface area contributed by atoms with E-state index in [0.29, 0.717) is 23.8 Å². The number of hydrogen-bond acceptors (Lipinski definition) is 6. The number of hydrogen-bond donors (Lipinski definition) is 1. The van der Waals surface area contributed by atoms with Crippen LogP contribution < -0.4 is 5.32 Å². The summed E-state index contributed by atoms with van der Waals surface area (Å²) in [4.78, 5) is 20.4. The van der Waals surface area contributed by atoms with Gasteiger partial charge in [0.2, 0.25) is 17.6 Å². The minimum absolute atomic E-state index is 0.00590. The van der Waals surface area contributed by atoms with E-state index in [1.807, 2.05) is 30.5 Å². The summed E-state index contributed by atoms with van der Waals surface area (Å²) in [6.07, 6.45) is 3.57. The number of para-hydroxylation sites is 1. The average molecular weight is 427 g/mol. The highest BCUT2D eigenvalue weighted by atomic mass is 32.2. The van der Waals surface area contributed by atoms with Crippen LogP contribution in [0.15, 0.2) is 57.9 Å². The van der Waals surface area contributed by atoms with E-state index < -0.39 is 0 Å². The van der Waals surface area contributed by atoms with Crippen LogP contribution in [-0.4, -0.2) is 40.3 Å². The molecule has 0 atom stereocenters. The van der Waals surface area contributed by atoms with Crippen LogP contribution in [0.25, 0.3) is 11.4 Å². The van der Waals surface area contributed by atoms with Gasteiger partial charge in [0.15, 0.2) is 0 Å². The molecule has 0 unspecified atom stereocenters. The van der Waals surface area contributed by atoms with Gasteiger partial charge in [-0.15, -0.1) is 11.8 Å². The van der Waals surface area contributed by atoms with Gasteiger partial charge in [-0.25, -0.2) is 4.39 Å². The van der Waals surface area contributed by atoms with Crippen molar-refractivity contribution in [2.24, 2.45) is 5.92 Å². The molecule has 1 aliphatic rings. The third-order valence-electron chi connectivity index (χ3n) is 5.25. The maximum Gasteiger partial charge on any atom is 0.241 e.